The van der Waals surface area contributed by atoms with Gasteiger partial charge in [-0.05, 0) is 70.6 Å². The number of phosphoric ester groups is 1. The van der Waals surface area contributed by atoms with Crippen LogP contribution < -0.4 is 4.89 Å². The third kappa shape index (κ3) is 74.1. The van der Waals surface area contributed by atoms with Crippen molar-refractivity contribution < 1.29 is 42.1 Å². The van der Waals surface area contributed by atoms with E-state index in [0.717, 1.165) is 89.9 Å². The lowest BCUT2D eigenvalue weighted by Crippen LogP contribution is -2.37. The summed E-state index contributed by atoms with van der Waals surface area (Å²) in [7, 11) is 1.16. The standard InChI is InChI=1S/C79H144NO8P/c1-6-8-10-12-14-16-18-20-22-24-26-28-30-32-34-36-37-38-39-40-41-42-44-45-47-49-51-53-55-57-59-61-63-65-67-69-71-78(81)85-75-77(76-87-89(83,84)86-74-73-80(3,4)5)88-79(82)72-70-68-66-64-62-60-58-56-54-52-50-48-46-43-35-33-31-29-27-25-23-21-19-17-15-13-11-9-7-2/h9,11,15,17,21,23,27,29,33,35,46,48,52,54,77H,6-8,10,12-14,16,18-20,22,24-26,28,30-32,34,36-45,47,49-51,53,55-76H2,1-5H3/b11-9-,17-15-,23-21-,29-27-,35-33-,48-46-,54-52-. The van der Waals surface area contributed by atoms with E-state index in [1.807, 2.05) is 21.1 Å². The highest BCUT2D eigenvalue weighted by Crippen LogP contribution is 2.38. The molecule has 0 spiro atoms. The Morgan fingerprint density at radius 1 is 0.360 bits per heavy atom. The minimum absolute atomic E-state index is 0.0354. The molecule has 0 aliphatic heterocycles. The van der Waals surface area contributed by atoms with E-state index in [4.69, 9.17) is 18.5 Å². The maximum atomic E-state index is 12.9. The first-order valence-corrected chi connectivity index (χ1v) is 39.3. The van der Waals surface area contributed by atoms with Crippen molar-refractivity contribution in [3.8, 4) is 0 Å². The zero-order valence-electron chi connectivity index (χ0n) is 59.1. The molecule has 9 nitrogen and oxygen atoms in total. The van der Waals surface area contributed by atoms with Crippen molar-refractivity contribution >= 4 is 19.8 Å². The third-order valence-electron chi connectivity index (χ3n) is 16.7. The van der Waals surface area contributed by atoms with Crippen LogP contribution in [0.2, 0.25) is 0 Å². The Balaban J connectivity index is 3.99. The molecule has 0 bridgehead atoms. The SMILES string of the molecule is CC/C=C\C/C=C\C/C=C\C/C=C\C/C=C\C/C=C\C/C=C\CCCCCCCCCC(=O)OC(COC(=O)CCCCCCCCCCCCCCCCCCCCCCCCCCCCCCCCCCCCCC)COP(=O)([O-])OCC[N+](C)(C)C. The Labute approximate surface area is 551 Å². The molecule has 0 aromatic heterocycles. The first-order chi connectivity index (χ1) is 43.5. The maximum absolute atomic E-state index is 12.9. The number of carbonyl (C=O) groups excluding carboxylic acids is 2. The Morgan fingerprint density at radius 2 is 0.640 bits per heavy atom. The lowest BCUT2D eigenvalue weighted by atomic mass is 10.0. The maximum Gasteiger partial charge on any atom is 0.306 e. The summed E-state index contributed by atoms with van der Waals surface area (Å²) < 4.78 is 34.3. The predicted octanol–water partition coefficient (Wildman–Crippen LogP) is 24.3. The second kappa shape index (κ2) is 69.5. The second-order valence-corrected chi connectivity index (χ2v) is 28.1. The smallest absolute Gasteiger partial charge is 0.306 e. The molecule has 0 aliphatic rings. The average molecular weight is 1270 g/mol. The van der Waals surface area contributed by atoms with E-state index in [-0.39, 0.29) is 32.0 Å². The van der Waals surface area contributed by atoms with Crippen LogP contribution in [0.5, 0.6) is 0 Å². The number of hydrogen-bond acceptors (Lipinski definition) is 8. The lowest BCUT2D eigenvalue weighted by molar-refractivity contribution is -0.870. The molecule has 2 unspecified atom stereocenters. The van der Waals surface area contributed by atoms with Crippen molar-refractivity contribution in [2.45, 2.75) is 360 Å². The van der Waals surface area contributed by atoms with E-state index in [9.17, 15) is 19.0 Å². The number of quaternary nitrogens is 1. The molecule has 0 N–H and O–H groups in total. The molecule has 0 saturated heterocycles. The molecule has 0 rings (SSSR count). The van der Waals surface area contributed by atoms with Gasteiger partial charge in [-0.15, -0.1) is 0 Å². The number of ether oxygens (including phenoxy) is 2. The summed E-state index contributed by atoms with van der Waals surface area (Å²) in [4.78, 5) is 38.1. The van der Waals surface area contributed by atoms with Crippen LogP contribution in [0.3, 0.4) is 0 Å². The van der Waals surface area contributed by atoms with Crippen LogP contribution in [0.1, 0.15) is 354 Å². The van der Waals surface area contributed by atoms with Gasteiger partial charge in [0.15, 0.2) is 6.10 Å². The van der Waals surface area contributed by atoms with Crippen LogP contribution in [0.15, 0.2) is 85.1 Å². The third-order valence-corrected chi connectivity index (χ3v) is 17.6. The van der Waals surface area contributed by atoms with E-state index in [0.29, 0.717) is 17.4 Å². The van der Waals surface area contributed by atoms with Crippen LogP contribution >= 0.6 is 7.82 Å². The van der Waals surface area contributed by atoms with Gasteiger partial charge in [-0.2, -0.15) is 0 Å². The number of nitrogens with zero attached hydrogens (tertiary/aromatic N) is 1. The van der Waals surface area contributed by atoms with Crippen LogP contribution in [-0.4, -0.2) is 70.0 Å². The monoisotopic (exact) mass is 1270 g/mol. The quantitative estimate of drug-likeness (QED) is 0.0195. The summed E-state index contributed by atoms with van der Waals surface area (Å²) in [5.74, 6) is -0.836. The fourth-order valence-corrected chi connectivity index (χ4v) is 11.7. The molecule has 0 fully saturated rings. The summed E-state index contributed by atoms with van der Waals surface area (Å²) in [5, 5.41) is 0. The fourth-order valence-electron chi connectivity index (χ4n) is 10.9. The van der Waals surface area contributed by atoms with E-state index in [1.165, 1.54) is 231 Å². The molecular formula is C79H144NO8P. The first-order valence-electron chi connectivity index (χ1n) is 37.8. The van der Waals surface area contributed by atoms with Gasteiger partial charge in [0.1, 0.15) is 19.8 Å². The van der Waals surface area contributed by atoms with Gasteiger partial charge in [0.05, 0.1) is 27.7 Å². The van der Waals surface area contributed by atoms with Gasteiger partial charge in [0, 0.05) is 12.8 Å². The van der Waals surface area contributed by atoms with Crippen LogP contribution in [-0.2, 0) is 32.7 Å². The molecular weight excluding hydrogens is 1120 g/mol. The Kier molecular flexibility index (Phi) is 67.3. The number of phosphoric acid groups is 1. The normalized spacial score (nSPS) is 13.6. The largest absolute Gasteiger partial charge is 0.756 e. The van der Waals surface area contributed by atoms with E-state index in [1.54, 1.807) is 0 Å². The summed E-state index contributed by atoms with van der Waals surface area (Å²) in [6.45, 7) is 4.16. The number of carbonyl (C=O) groups is 2. The first kappa shape index (κ1) is 86.2. The molecule has 0 saturated carbocycles. The highest BCUT2D eigenvalue weighted by molar-refractivity contribution is 7.45. The summed E-state index contributed by atoms with van der Waals surface area (Å²) in [6.07, 6.45) is 95.5. The highest BCUT2D eigenvalue weighted by Gasteiger charge is 2.22. The van der Waals surface area contributed by atoms with Crippen LogP contribution in [0.25, 0.3) is 0 Å². The molecule has 518 valence electrons. The minimum Gasteiger partial charge on any atom is -0.756 e. The molecule has 0 heterocycles. The van der Waals surface area contributed by atoms with Gasteiger partial charge in [0.2, 0.25) is 0 Å². The molecule has 0 aromatic carbocycles. The average Bonchev–Trinajstić information content (AvgIpc) is 3.60. The summed E-state index contributed by atoms with van der Waals surface area (Å²) in [5.41, 5.74) is 0. The van der Waals surface area contributed by atoms with Crippen molar-refractivity contribution in [3.63, 3.8) is 0 Å². The van der Waals surface area contributed by atoms with Crippen molar-refractivity contribution in [3.05, 3.63) is 85.1 Å². The van der Waals surface area contributed by atoms with E-state index in [2.05, 4.69) is 98.9 Å². The predicted molar refractivity (Wildman–Crippen MR) is 383 cm³/mol. The zero-order valence-corrected chi connectivity index (χ0v) is 60.0. The molecule has 0 aliphatic carbocycles. The van der Waals surface area contributed by atoms with E-state index < -0.39 is 26.5 Å². The molecule has 10 heteroatoms. The van der Waals surface area contributed by atoms with Crippen molar-refractivity contribution in [1.82, 2.24) is 0 Å². The van der Waals surface area contributed by atoms with Crippen molar-refractivity contribution in [2.75, 3.05) is 47.5 Å². The van der Waals surface area contributed by atoms with Gasteiger partial charge in [-0.3, -0.25) is 14.2 Å². The van der Waals surface area contributed by atoms with Gasteiger partial charge >= 0.3 is 11.9 Å². The van der Waals surface area contributed by atoms with Crippen LogP contribution in [0.4, 0.5) is 0 Å². The number of allylic oxidation sites excluding steroid dienone is 14. The van der Waals surface area contributed by atoms with E-state index >= 15 is 0 Å². The Bertz CT molecular complexity index is 1780. The number of likely N-dealkylation sites (N-methyl/N-ethyl adjacent to an activating group) is 1. The van der Waals surface area contributed by atoms with Gasteiger partial charge in [-0.1, -0.05) is 356 Å². The van der Waals surface area contributed by atoms with Gasteiger partial charge in [-0.25, -0.2) is 0 Å². The topological polar surface area (TPSA) is 111 Å². The molecule has 0 radical (unpaired) electrons. The number of rotatable bonds is 70. The van der Waals surface area contributed by atoms with Gasteiger partial charge in [0.25, 0.3) is 7.82 Å². The van der Waals surface area contributed by atoms with Crippen molar-refractivity contribution in [2.24, 2.45) is 0 Å². The molecule has 89 heavy (non-hydrogen) atoms. The fraction of sp³-hybridized carbons (Fsp3) is 0.797. The highest BCUT2D eigenvalue weighted by atomic mass is 31.2. The lowest BCUT2D eigenvalue weighted by Gasteiger charge is -2.28. The number of hydrogen-bond donors (Lipinski definition) is 0. The summed E-state index contributed by atoms with van der Waals surface area (Å²) >= 11 is 0. The summed E-state index contributed by atoms with van der Waals surface area (Å²) in [6, 6.07) is 0. The second-order valence-electron chi connectivity index (χ2n) is 26.6. The molecule has 0 aromatic rings. The van der Waals surface area contributed by atoms with Crippen LogP contribution in [0, 0.1) is 0 Å². The number of unbranched alkanes of at least 4 members (excludes halogenated alkanes) is 42. The Hall–Kier alpha value is -2.81. The van der Waals surface area contributed by atoms with Crippen molar-refractivity contribution in [1.29, 1.82) is 0 Å². The van der Waals surface area contributed by atoms with Gasteiger partial charge < -0.3 is 27.9 Å². The molecule has 0 amide bonds. The minimum atomic E-state index is -4.65. The molecule has 2 atom stereocenters. The zero-order chi connectivity index (χ0) is 64.8. The Morgan fingerprint density at radius 3 is 0.955 bits per heavy atom. The number of esters is 2.